The fraction of sp³-hybridized carbons (Fsp3) is 0.458. The van der Waals surface area contributed by atoms with Crippen molar-refractivity contribution < 1.29 is 32.1 Å². The van der Waals surface area contributed by atoms with Gasteiger partial charge in [-0.3, -0.25) is 4.79 Å². The SMILES string of the molecule is CC(C)(C1CCN(C(=O)C[C@@H]([NH3+])c2ccc(Cl)cc2)CC1)S(=O)(=O)c1cccc(C(F)(F)F)c1. The maximum Gasteiger partial charge on any atom is 0.416 e. The molecule has 1 saturated heterocycles. The Balaban J connectivity index is 1.66. The van der Waals surface area contributed by atoms with E-state index in [1.165, 1.54) is 6.07 Å². The van der Waals surface area contributed by atoms with E-state index in [4.69, 9.17) is 11.6 Å². The highest BCUT2D eigenvalue weighted by atomic mass is 35.5. The molecule has 186 valence electrons. The van der Waals surface area contributed by atoms with Crippen molar-refractivity contribution in [2.24, 2.45) is 5.92 Å². The van der Waals surface area contributed by atoms with Crippen molar-refractivity contribution in [2.75, 3.05) is 13.1 Å². The molecule has 3 rings (SSSR count). The molecule has 5 nitrogen and oxygen atoms in total. The van der Waals surface area contributed by atoms with Crippen LogP contribution in [0.25, 0.3) is 0 Å². The molecule has 2 aromatic carbocycles. The molecule has 1 aliphatic heterocycles. The number of hydrogen-bond acceptors (Lipinski definition) is 3. The van der Waals surface area contributed by atoms with Crippen molar-refractivity contribution in [3.05, 3.63) is 64.7 Å². The van der Waals surface area contributed by atoms with Crippen molar-refractivity contribution >= 4 is 27.3 Å². The average molecular weight is 518 g/mol. The van der Waals surface area contributed by atoms with Crippen LogP contribution in [0.15, 0.2) is 53.4 Å². The summed E-state index contributed by atoms with van der Waals surface area (Å²) in [5.41, 5.74) is 3.98. The Morgan fingerprint density at radius 3 is 2.26 bits per heavy atom. The summed E-state index contributed by atoms with van der Waals surface area (Å²) in [7, 11) is -4.04. The van der Waals surface area contributed by atoms with Crippen molar-refractivity contribution in [3.8, 4) is 0 Å². The molecule has 1 aliphatic rings. The van der Waals surface area contributed by atoms with Crippen LogP contribution in [0.3, 0.4) is 0 Å². The molecule has 1 fully saturated rings. The first-order valence-electron chi connectivity index (χ1n) is 11.0. The topological polar surface area (TPSA) is 82.1 Å². The van der Waals surface area contributed by atoms with Gasteiger partial charge in [-0.1, -0.05) is 29.8 Å². The van der Waals surface area contributed by atoms with Gasteiger partial charge in [-0.15, -0.1) is 0 Å². The summed E-state index contributed by atoms with van der Waals surface area (Å²) in [6.07, 6.45) is -3.52. The molecule has 0 radical (unpaired) electrons. The Hall–Kier alpha value is -2.10. The molecule has 0 saturated carbocycles. The smallest absolute Gasteiger partial charge is 0.351 e. The number of carbonyl (C=O) groups excluding carboxylic acids is 1. The first kappa shape index (κ1) is 26.5. The molecule has 1 atom stereocenters. The number of benzene rings is 2. The lowest BCUT2D eigenvalue weighted by Crippen LogP contribution is -2.56. The van der Waals surface area contributed by atoms with Gasteiger partial charge in [0.2, 0.25) is 5.91 Å². The minimum atomic E-state index is -4.63. The van der Waals surface area contributed by atoms with Crippen LogP contribution in [0, 0.1) is 5.92 Å². The van der Waals surface area contributed by atoms with Crippen LogP contribution in [-0.2, 0) is 20.8 Å². The summed E-state index contributed by atoms with van der Waals surface area (Å²) in [6, 6.07) is 10.8. The number of piperidine rings is 1. The van der Waals surface area contributed by atoms with Crippen molar-refractivity contribution in [3.63, 3.8) is 0 Å². The molecule has 1 amide bonds. The van der Waals surface area contributed by atoms with Gasteiger partial charge >= 0.3 is 6.18 Å². The third-order valence-corrected chi connectivity index (χ3v) is 9.60. The molecule has 0 aromatic heterocycles. The Kier molecular flexibility index (Phi) is 7.70. The van der Waals surface area contributed by atoms with E-state index >= 15 is 0 Å². The maximum absolute atomic E-state index is 13.3. The van der Waals surface area contributed by atoms with Crippen molar-refractivity contribution in [1.29, 1.82) is 0 Å². The molecule has 0 spiro atoms. The summed E-state index contributed by atoms with van der Waals surface area (Å²) in [4.78, 5) is 14.2. The lowest BCUT2D eigenvalue weighted by molar-refractivity contribution is -0.425. The van der Waals surface area contributed by atoms with E-state index in [0.29, 0.717) is 37.0 Å². The molecule has 0 bridgehead atoms. The van der Waals surface area contributed by atoms with Gasteiger partial charge in [0.25, 0.3) is 0 Å². The second-order valence-electron chi connectivity index (χ2n) is 9.24. The van der Waals surface area contributed by atoms with Gasteiger partial charge in [-0.2, -0.15) is 13.2 Å². The minimum absolute atomic E-state index is 0.0630. The second kappa shape index (κ2) is 9.87. The number of hydrogen-bond donors (Lipinski definition) is 1. The highest BCUT2D eigenvalue weighted by molar-refractivity contribution is 7.92. The lowest BCUT2D eigenvalue weighted by Gasteiger charge is -2.40. The van der Waals surface area contributed by atoms with Crippen molar-refractivity contribution in [2.45, 2.75) is 55.0 Å². The van der Waals surface area contributed by atoms with Crippen LogP contribution in [-0.4, -0.2) is 37.1 Å². The fourth-order valence-electron chi connectivity index (χ4n) is 4.38. The van der Waals surface area contributed by atoms with Gasteiger partial charge in [0, 0.05) is 23.7 Å². The van der Waals surface area contributed by atoms with E-state index < -0.39 is 26.3 Å². The zero-order valence-corrected chi connectivity index (χ0v) is 20.7. The first-order chi connectivity index (χ1) is 15.7. The zero-order valence-electron chi connectivity index (χ0n) is 19.1. The second-order valence-corrected chi connectivity index (χ2v) is 12.2. The fourth-order valence-corrected chi connectivity index (χ4v) is 6.33. The van der Waals surface area contributed by atoms with Crippen LogP contribution >= 0.6 is 11.6 Å². The number of carbonyl (C=O) groups is 1. The van der Waals surface area contributed by atoms with Crippen LogP contribution in [0.1, 0.15) is 50.3 Å². The van der Waals surface area contributed by atoms with Gasteiger partial charge in [-0.05, 0) is 62.9 Å². The quantitative estimate of drug-likeness (QED) is 0.611. The van der Waals surface area contributed by atoms with E-state index in [1.54, 1.807) is 30.9 Å². The Labute approximate surface area is 203 Å². The molecule has 10 heteroatoms. The van der Waals surface area contributed by atoms with Gasteiger partial charge in [0.1, 0.15) is 6.04 Å². The highest BCUT2D eigenvalue weighted by Crippen LogP contribution is 2.39. The van der Waals surface area contributed by atoms with Crippen LogP contribution in [0.2, 0.25) is 5.02 Å². The van der Waals surface area contributed by atoms with Gasteiger partial charge < -0.3 is 10.6 Å². The van der Waals surface area contributed by atoms with E-state index in [1.807, 2.05) is 12.1 Å². The predicted molar refractivity (Wildman–Crippen MR) is 124 cm³/mol. The summed E-state index contributed by atoms with van der Waals surface area (Å²) >= 11 is 5.90. The number of likely N-dealkylation sites (tertiary alicyclic amines) is 1. The largest absolute Gasteiger partial charge is 0.416 e. The molecule has 1 heterocycles. The summed E-state index contributed by atoms with van der Waals surface area (Å²) < 4.78 is 64.6. The van der Waals surface area contributed by atoms with Gasteiger partial charge in [-0.25, -0.2) is 8.42 Å². The molecule has 0 unspecified atom stereocenters. The van der Waals surface area contributed by atoms with E-state index in [2.05, 4.69) is 5.73 Å². The third kappa shape index (κ3) is 5.58. The summed E-state index contributed by atoms with van der Waals surface area (Å²) in [5, 5.41) is 0.604. The number of quaternary nitrogens is 1. The van der Waals surface area contributed by atoms with E-state index in [9.17, 15) is 26.4 Å². The first-order valence-corrected chi connectivity index (χ1v) is 12.9. The highest BCUT2D eigenvalue weighted by Gasteiger charge is 2.45. The Morgan fingerprint density at radius 2 is 1.71 bits per heavy atom. The van der Waals surface area contributed by atoms with Crippen LogP contribution < -0.4 is 5.73 Å². The monoisotopic (exact) mass is 517 g/mol. The third-order valence-electron chi connectivity index (χ3n) is 6.76. The molecular weight excluding hydrogens is 489 g/mol. The Morgan fingerprint density at radius 1 is 1.12 bits per heavy atom. The number of alkyl halides is 3. The maximum atomic E-state index is 13.3. The number of rotatable bonds is 6. The lowest BCUT2D eigenvalue weighted by atomic mass is 9.85. The average Bonchev–Trinajstić information content (AvgIpc) is 2.79. The minimum Gasteiger partial charge on any atom is -0.351 e. The number of sulfone groups is 1. The normalized spacial score (nSPS) is 17.0. The van der Waals surface area contributed by atoms with Gasteiger partial charge in [0.05, 0.1) is 21.6 Å². The van der Waals surface area contributed by atoms with Gasteiger partial charge in [0.15, 0.2) is 9.84 Å². The molecule has 0 aliphatic carbocycles. The van der Waals surface area contributed by atoms with Crippen molar-refractivity contribution in [1.82, 2.24) is 4.90 Å². The summed E-state index contributed by atoms with van der Waals surface area (Å²) in [5.74, 6) is -0.366. The number of amides is 1. The summed E-state index contributed by atoms with van der Waals surface area (Å²) in [6.45, 7) is 3.88. The Bertz CT molecular complexity index is 1130. The van der Waals surface area contributed by atoms with Crippen LogP contribution in [0.5, 0.6) is 0 Å². The molecular formula is C24H29ClF3N2O3S+. The molecule has 34 heavy (non-hydrogen) atoms. The zero-order chi connectivity index (χ0) is 25.3. The molecule has 2 aromatic rings. The van der Waals surface area contributed by atoms with E-state index in [-0.39, 0.29) is 29.2 Å². The number of halogens is 4. The van der Waals surface area contributed by atoms with Crippen LogP contribution in [0.4, 0.5) is 13.2 Å². The molecule has 3 N–H and O–H groups in total. The predicted octanol–water partition coefficient (Wildman–Crippen LogP) is 4.52. The standard InChI is InChI=1S/C24H28ClF3N2O3S/c1-23(2,34(32,33)20-5-3-4-18(14-20)24(26,27)28)17-10-12-30(13-11-17)22(31)15-21(29)16-6-8-19(25)9-7-16/h3-9,14,17,21H,10-13,15,29H2,1-2H3/p+1/t21-/m1/s1. The van der Waals surface area contributed by atoms with E-state index in [0.717, 1.165) is 17.7 Å². The number of nitrogens with zero attached hydrogens (tertiary/aromatic N) is 1.